The summed E-state index contributed by atoms with van der Waals surface area (Å²) in [5.74, 6) is 1.36. The molecule has 1 saturated carbocycles. The molecule has 0 radical (unpaired) electrons. The average Bonchev–Trinajstić information content (AvgIpc) is 3.23. The van der Waals surface area contributed by atoms with Gasteiger partial charge in [-0.15, -0.1) is 0 Å². The maximum absolute atomic E-state index is 14.3. The minimum Gasteiger partial charge on any atom is -0.491 e. The second-order valence-corrected chi connectivity index (χ2v) is 8.59. The summed E-state index contributed by atoms with van der Waals surface area (Å²) in [5, 5.41) is 4.49. The zero-order valence-electron chi connectivity index (χ0n) is 17.0. The van der Waals surface area contributed by atoms with Crippen LogP contribution >= 0.6 is 0 Å². The van der Waals surface area contributed by atoms with Crippen LogP contribution in [-0.4, -0.2) is 45.7 Å². The van der Waals surface area contributed by atoms with Crippen molar-refractivity contribution in [2.24, 2.45) is 0 Å². The van der Waals surface area contributed by atoms with Crippen molar-refractivity contribution in [1.29, 1.82) is 0 Å². The SMILES string of the molecule is C=C1c2cnn3ccc(nc23)N(C)C2(CC2)c2cc(F)ccc2OC[C@@H]2CCCN12. The quantitative estimate of drug-likeness (QED) is 0.569. The highest BCUT2D eigenvalue weighted by Crippen LogP contribution is 2.54. The van der Waals surface area contributed by atoms with E-state index in [1.54, 1.807) is 16.6 Å². The molecular weight excluding hydrogens is 381 g/mol. The van der Waals surface area contributed by atoms with Gasteiger partial charge in [-0.2, -0.15) is 5.10 Å². The smallest absolute Gasteiger partial charge is 0.166 e. The highest BCUT2D eigenvalue weighted by atomic mass is 19.1. The Balaban J connectivity index is 1.56. The van der Waals surface area contributed by atoms with E-state index >= 15 is 0 Å². The minimum atomic E-state index is -0.302. The fourth-order valence-corrected chi connectivity index (χ4v) is 5.07. The number of aromatic nitrogens is 3. The van der Waals surface area contributed by atoms with Gasteiger partial charge >= 0.3 is 0 Å². The zero-order valence-corrected chi connectivity index (χ0v) is 17.0. The van der Waals surface area contributed by atoms with Crippen LogP contribution in [0.3, 0.4) is 0 Å². The molecule has 30 heavy (non-hydrogen) atoms. The van der Waals surface area contributed by atoms with E-state index in [-0.39, 0.29) is 17.4 Å². The number of anilines is 1. The van der Waals surface area contributed by atoms with Gasteiger partial charge in [0.2, 0.25) is 0 Å². The van der Waals surface area contributed by atoms with Gasteiger partial charge in [-0.1, -0.05) is 6.58 Å². The molecule has 2 aromatic heterocycles. The standard InChI is InChI=1S/C23H24FN5O/c1-15-18-13-25-29-11-7-21(26-22(18)29)27(2)23(8-9-23)19-12-16(24)5-6-20(19)30-14-17-4-3-10-28(15)17/h5-7,11-13,17H,1,3-4,8-10,14H2,2H3/t17-/m0/s1. The van der Waals surface area contributed by atoms with E-state index in [2.05, 4.69) is 21.5 Å². The lowest BCUT2D eigenvalue weighted by Crippen LogP contribution is -2.34. The molecule has 3 aromatic rings. The lowest BCUT2D eigenvalue weighted by Gasteiger charge is -2.31. The number of rotatable bonds is 0. The predicted molar refractivity (Wildman–Crippen MR) is 113 cm³/mol. The van der Waals surface area contributed by atoms with Crippen molar-refractivity contribution in [3.05, 3.63) is 60.2 Å². The third-order valence-corrected chi connectivity index (χ3v) is 6.97. The topological polar surface area (TPSA) is 45.9 Å². The highest BCUT2D eigenvalue weighted by Gasteiger charge is 2.51. The predicted octanol–water partition coefficient (Wildman–Crippen LogP) is 3.82. The Kier molecular flexibility index (Phi) is 3.67. The molecule has 1 aromatic carbocycles. The van der Waals surface area contributed by atoms with Crippen LogP contribution in [0.1, 0.15) is 36.8 Å². The fraction of sp³-hybridized carbons (Fsp3) is 0.391. The van der Waals surface area contributed by atoms with E-state index in [0.29, 0.717) is 6.61 Å². The maximum Gasteiger partial charge on any atom is 0.166 e. The molecule has 2 fully saturated rings. The molecule has 1 saturated heterocycles. The van der Waals surface area contributed by atoms with E-state index in [4.69, 9.17) is 9.72 Å². The Labute approximate surface area is 174 Å². The van der Waals surface area contributed by atoms with Crippen LogP contribution in [0.4, 0.5) is 10.2 Å². The summed E-state index contributed by atoms with van der Waals surface area (Å²) in [6, 6.07) is 7.08. The van der Waals surface area contributed by atoms with E-state index < -0.39 is 0 Å². The van der Waals surface area contributed by atoms with Gasteiger partial charge in [0.1, 0.15) is 24.0 Å². The number of ether oxygens (including phenoxy) is 1. The number of benzene rings is 1. The Hall–Kier alpha value is -3.09. The molecule has 7 heteroatoms. The number of halogens is 1. The Bertz CT molecular complexity index is 1170. The Morgan fingerprint density at radius 2 is 2.13 bits per heavy atom. The summed E-state index contributed by atoms with van der Waals surface area (Å²) in [4.78, 5) is 9.43. The van der Waals surface area contributed by atoms with Crippen molar-refractivity contribution in [2.45, 2.75) is 37.3 Å². The Morgan fingerprint density at radius 3 is 2.97 bits per heavy atom. The van der Waals surface area contributed by atoms with Gasteiger partial charge in [0.25, 0.3) is 0 Å². The first-order valence-corrected chi connectivity index (χ1v) is 10.5. The van der Waals surface area contributed by atoms with Gasteiger partial charge in [0.05, 0.1) is 23.3 Å². The molecular formula is C23H24FN5O. The van der Waals surface area contributed by atoms with Crippen LogP contribution in [0, 0.1) is 5.82 Å². The summed E-state index contributed by atoms with van der Waals surface area (Å²) in [6.07, 6.45) is 7.79. The summed E-state index contributed by atoms with van der Waals surface area (Å²) in [5.41, 5.74) is 3.28. The van der Waals surface area contributed by atoms with Gasteiger partial charge in [-0.3, -0.25) is 0 Å². The summed E-state index contributed by atoms with van der Waals surface area (Å²) < 4.78 is 22.4. The first kappa shape index (κ1) is 17.7. The lowest BCUT2D eigenvalue weighted by atomic mass is 10.0. The van der Waals surface area contributed by atoms with Crippen LogP contribution in [-0.2, 0) is 5.54 Å². The van der Waals surface area contributed by atoms with Crippen LogP contribution in [0.25, 0.3) is 11.3 Å². The molecule has 3 aliphatic rings. The third kappa shape index (κ3) is 2.47. The van der Waals surface area contributed by atoms with E-state index in [9.17, 15) is 4.39 Å². The van der Waals surface area contributed by atoms with Crippen molar-refractivity contribution in [3.63, 3.8) is 0 Å². The molecule has 154 valence electrons. The number of hydrogen-bond donors (Lipinski definition) is 0. The van der Waals surface area contributed by atoms with E-state index in [1.807, 2.05) is 25.5 Å². The van der Waals surface area contributed by atoms with Crippen molar-refractivity contribution in [1.82, 2.24) is 19.5 Å². The first-order chi connectivity index (χ1) is 14.6. The molecule has 0 amide bonds. The molecule has 2 aliphatic heterocycles. The van der Waals surface area contributed by atoms with Gasteiger partial charge in [-0.25, -0.2) is 13.9 Å². The monoisotopic (exact) mass is 405 g/mol. The Morgan fingerprint density at radius 1 is 1.27 bits per heavy atom. The summed E-state index contributed by atoms with van der Waals surface area (Å²) >= 11 is 0. The van der Waals surface area contributed by atoms with Gasteiger partial charge in [0, 0.05) is 31.0 Å². The largest absolute Gasteiger partial charge is 0.491 e. The molecule has 1 spiro atoms. The normalized spacial score (nSPS) is 22.3. The molecule has 1 atom stereocenters. The molecule has 0 N–H and O–H groups in total. The van der Waals surface area contributed by atoms with E-state index in [1.165, 1.54) is 6.07 Å². The molecule has 4 heterocycles. The minimum absolute atomic E-state index is 0.224. The van der Waals surface area contributed by atoms with Crippen molar-refractivity contribution in [2.75, 3.05) is 25.1 Å². The van der Waals surface area contributed by atoms with Crippen LogP contribution in [0.15, 0.2) is 43.2 Å². The van der Waals surface area contributed by atoms with Crippen molar-refractivity contribution >= 4 is 17.2 Å². The van der Waals surface area contributed by atoms with Gasteiger partial charge in [-0.05, 0) is 49.9 Å². The second kappa shape index (κ2) is 6.20. The highest BCUT2D eigenvalue weighted by molar-refractivity contribution is 5.74. The van der Waals surface area contributed by atoms with Crippen LogP contribution in [0.2, 0.25) is 0 Å². The van der Waals surface area contributed by atoms with E-state index in [0.717, 1.165) is 66.3 Å². The molecule has 2 bridgehead atoms. The average molecular weight is 405 g/mol. The van der Waals surface area contributed by atoms with Crippen molar-refractivity contribution < 1.29 is 9.13 Å². The third-order valence-electron chi connectivity index (χ3n) is 6.97. The summed E-state index contributed by atoms with van der Waals surface area (Å²) in [7, 11) is 2.03. The lowest BCUT2D eigenvalue weighted by molar-refractivity contribution is 0.218. The maximum atomic E-state index is 14.3. The molecule has 6 rings (SSSR count). The zero-order chi connectivity index (χ0) is 20.5. The van der Waals surface area contributed by atoms with Gasteiger partial charge < -0.3 is 14.5 Å². The number of fused-ring (bicyclic) bond motifs is 4. The second-order valence-electron chi connectivity index (χ2n) is 8.59. The molecule has 0 unspecified atom stereocenters. The number of nitrogens with zero attached hydrogens (tertiary/aromatic N) is 5. The number of hydrogen-bond acceptors (Lipinski definition) is 5. The summed E-state index contributed by atoms with van der Waals surface area (Å²) in [6.45, 7) is 5.87. The van der Waals surface area contributed by atoms with Crippen LogP contribution in [0.5, 0.6) is 5.75 Å². The first-order valence-electron chi connectivity index (χ1n) is 10.5. The van der Waals surface area contributed by atoms with Crippen LogP contribution < -0.4 is 9.64 Å². The molecule has 1 aliphatic carbocycles. The van der Waals surface area contributed by atoms with Gasteiger partial charge in [0.15, 0.2) is 5.65 Å². The fourth-order valence-electron chi connectivity index (χ4n) is 5.07. The van der Waals surface area contributed by atoms with Crippen molar-refractivity contribution in [3.8, 4) is 5.75 Å². The molecule has 6 nitrogen and oxygen atoms in total.